The lowest BCUT2D eigenvalue weighted by Gasteiger charge is -2.16. The second kappa shape index (κ2) is 4.90. The Labute approximate surface area is 54.4 Å². The van der Waals surface area contributed by atoms with Gasteiger partial charge in [0.25, 0.3) is 7.82 Å². The fraction of sp³-hybridized carbons (Fsp3) is 1.00. The van der Waals surface area contributed by atoms with E-state index in [1.807, 2.05) is 0 Å². The van der Waals surface area contributed by atoms with E-state index in [2.05, 4.69) is 14.8 Å². The first kappa shape index (κ1) is 11.8. The standard InChI is InChI=1S/C2H8NO4P.CH4/c1-6-8(4,5)7-2-3;/h2-3H2,1H3,(H,4,5);1H4. The van der Waals surface area contributed by atoms with Crippen molar-refractivity contribution in [2.45, 2.75) is 7.43 Å². The molecule has 0 aromatic carbocycles. The number of rotatable bonds is 3. The highest BCUT2D eigenvalue weighted by molar-refractivity contribution is 7.45. The van der Waals surface area contributed by atoms with E-state index in [0.29, 0.717) is 0 Å². The van der Waals surface area contributed by atoms with E-state index in [4.69, 9.17) is 0 Å². The summed E-state index contributed by atoms with van der Waals surface area (Å²) in [4.78, 5) is 10.1. The summed E-state index contributed by atoms with van der Waals surface area (Å²) in [5, 5.41) is 0. The summed E-state index contributed by atoms with van der Waals surface area (Å²) >= 11 is 0. The SMILES string of the molecule is C.COP(=O)([O-])OC[NH3+]. The summed E-state index contributed by atoms with van der Waals surface area (Å²) < 4.78 is 18.1. The van der Waals surface area contributed by atoms with Crippen LogP contribution < -0.4 is 10.6 Å². The highest BCUT2D eigenvalue weighted by Crippen LogP contribution is 2.35. The van der Waals surface area contributed by atoms with E-state index >= 15 is 0 Å². The van der Waals surface area contributed by atoms with Gasteiger partial charge in [0, 0.05) is 7.11 Å². The molecular weight excluding hydrogens is 145 g/mol. The number of quaternary nitrogens is 1. The van der Waals surface area contributed by atoms with Gasteiger partial charge in [-0.2, -0.15) is 0 Å². The number of hydrogen-bond acceptors (Lipinski definition) is 4. The van der Waals surface area contributed by atoms with Crippen molar-refractivity contribution >= 4 is 7.82 Å². The zero-order chi connectivity index (χ0) is 6.62. The minimum absolute atomic E-state index is 0. The molecule has 0 fully saturated rings. The summed E-state index contributed by atoms with van der Waals surface area (Å²) in [5.41, 5.74) is 3.14. The maximum Gasteiger partial charge on any atom is 0.272 e. The second-order valence-electron chi connectivity index (χ2n) is 0.963. The second-order valence-corrected chi connectivity index (χ2v) is 2.48. The van der Waals surface area contributed by atoms with Gasteiger partial charge in [-0.3, -0.25) is 9.09 Å². The van der Waals surface area contributed by atoms with Crippen LogP contribution in [-0.4, -0.2) is 13.8 Å². The van der Waals surface area contributed by atoms with Crippen LogP contribution in [0.15, 0.2) is 0 Å². The summed E-state index contributed by atoms with van der Waals surface area (Å²) in [7, 11) is -2.95. The summed E-state index contributed by atoms with van der Waals surface area (Å²) in [6, 6.07) is 0. The molecule has 0 bridgehead atoms. The highest BCUT2D eigenvalue weighted by atomic mass is 31.2. The first-order chi connectivity index (χ1) is 3.62. The lowest BCUT2D eigenvalue weighted by molar-refractivity contribution is -0.422. The Bertz CT molecular complexity index is 106. The first-order valence-corrected chi connectivity index (χ1v) is 3.39. The van der Waals surface area contributed by atoms with E-state index in [1.165, 1.54) is 0 Å². The van der Waals surface area contributed by atoms with Gasteiger partial charge >= 0.3 is 0 Å². The minimum atomic E-state index is -3.99. The van der Waals surface area contributed by atoms with Crippen molar-refractivity contribution in [3.05, 3.63) is 0 Å². The van der Waals surface area contributed by atoms with Crippen LogP contribution in [0.1, 0.15) is 7.43 Å². The molecule has 0 radical (unpaired) electrons. The predicted molar refractivity (Wildman–Crippen MR) is 30.2 cm³/mol. The molecule has 0 amide bonds. The fourth-order valence-corrected chi connectivity index (χ4v) is 0.494. The zero-order valence-corrected chi connectivity index (χ0v) is 5.39. The van der Waals surface area contributed by atoms with Crippen LogP contribution in [0.25, 0.3) is 0 Å². The monoisotopic (exact) mass is 157 g/mol. The third-order valence-electron chi connectivity index (χ3n) is 0.473. The highest BCUT2D eigenvalue weighted by Gasteiger charge is 2.03. The lowest BCUT2D eigenvalue weighted by Crippen LogP contribution is -2.51. The Morgan fingerprint density at radius 2 is 2.22 bits per heavy atom. The molecule has 5 nitrogen and oxygen atoms in total. The van der Waals surface area contributed by atoms with Gasteiger partial charge in [0.2, 0.25) is 0 Å². The van der Waals surface area contributed by atoms with Crippen molar-refractivity contribution in [1.82, 2.24) is 0 Å². The van der Waals surface area contributed by atoms with Gasteiger partial charge in [0.1, 0.15) is 0 Å². The molecule has 0 aromatic rings. The minimum Gasteiger partial charge on any atom is -0.756 e. The average Bonchev–Trinajstić information content (AvgIpc) is 1.67. The third-order valence-corrected chi connectivity index (χ3v) is 1.42. The normalized spacial score (nSPS) is 15.9. The summed E-state index contributed by atoms with van der Waals surface area (Å²) in [6.45, 7) is -0.130. The van der Waals surface area contributed by atoms with Gasteiger partial charge in [-0.1, -0.05) is 7.43 Å². The molecule has 0 rings (SSSR count). The molecule has 0 aliphatic carbocycles. The summed E-state index contributed by atoms with van der Waals surface area (Å²) in [5.74, 6) is 0. The smallest absolute Gasteiger partial charge is 0.272 e. The van der Waals surface area contributed by atoms with Crippen molar-refractivity contribution in [1.29, 1.82) is 0 Å². The molecule has 58 valence electrons. The Kier molecular flexibility index (Phi) is 6.44. The van der Waals surface area contributed by atoms with E-state index in [9.17, 15) is 9.46 Å². The third kappa shape index (κ3) is 5.95. The molecular formula is C3H12NO4P. The van der Waals surface area contributed by atoms with Gasteiger partial charge < -0.3 is 15.2 Å². The van der Waals surface area contributed by atoms with E-state index in [1.54, 1.807) is 0 Å². The van der Waals surface area contributed by atoms with Crippen molar-refractivity contribution < 1.29 is 24.2 Å². The zero-order valence-electron chi connectivity index (χ0n) is 4.49. The van der Waals surface area contributed by atoms with Gasteiger partial charge in [0.15, 0.2) is 6.73 Å². The van der Waals surface area contributed by atoms with Crippen LogP contribution in [0.4, 0.5) is 0 Å². The fourth-order valence-electron chi connectivity index (χ4n) is 0.165. The number of phosphoric ester groups is 1. The molecule has 0 aromatic heterocycles. The maximum atomic E-state index is 10.1. The Balaban J connectivity index is 0. The Morgan fingerprint density at radius 1 is 1.78 bits per heavy atom. The van der Waals surface area contributed by atoms with Crippen LogP contribution in [0.5, 0.6) is 0 Å². The molecule has 0 spiro atoms. The molecule has 1 atom stereocenters. The van der Waals surface area contributed by atoms with Gasteiger partial charge in [-0.05, 0) is 0 Å². The molecule has 1 unspecified atom stereocenters. The van der Waals surface area contributed by atoms with E-state index in [-0.39, 0.29) is 14.2 Å². The van der Waals surface area contributed by atoms with Crippen molar-refractivity contribution in [2.75, 3.05) is 13.8 Å². The topological polar surface area (TPSA) is 86.2 Å². The quantitative estimate of drug-likeness (QED) is 0.418. The molecule has 0 heterocycles. The average molecular weight is 157 g/mol. The first-order valence-electron chi connectivity index (χ1n) is 1.93. The van der Waals surface area contributed by atoms with Crippen molar-refractivity contribution in [3.63, 3.8) is 0 Å². The number of phosphoric acid groups is 1. The molecule has 0 saturated heterocycles. The van der Waals surface area contributed by atoms with Crippen molar-refractivity contribution in [3.8, 4) is 0 Å². The van der Waals surface area contributed by atoms with E-state index < -0.39 is 7.82 Å². The van der Waals surface area contributed by atoms with Gasteiger partial charge in [0.05, 0.1) is 0 Å². The van der Waals surface area contributed by atoms with Crippen LogP contribution in [0.2, 0.25) is 0 Å². The van der Waals surface area contributed by atoms with Crippen molar-refractivity contribution in [2.24, 2.45) is 0 Å². The molecule has 6 heteroatoms. The van der Waals surface area contributed by atoms with Gasteiger partial charge in [-0.15, -0.1) is 0 Å². The maximum absolute atomic E-state index is 10.1. The molecule has 0 saturated carbocycles. The van der Waals surface area contributed by atoms with Crippen LogP contribution in [0, 0.1) is 0 Å². The van der Waals surface area contributed by atoms with Gasteiger partial charge in [-0.25, -0.2) is 0 Å². The Morgan fingerprint density at radius 3 is 2.33 bits per heavy atom. The number of hydrogen-bond donors (Lipinski definition) is 1. The molecule has 9 heavy (non-hydrogen) atoms. The largest absolute Gasteiger partial charge is 0.756 e. The van der Waals surface area contributed by atoms with Crippen LogP contribution in [-0.2, 0) is 13.6 Å². The molecule has 0 aliphatic rings. The molecule has 3 N–H and O–H groups in total. The Hall–Kier alpha value is 0.0700. The predicted octanol–water partition coefficient (Wildman–Crippen LogP) is -1.05. The van der Waals surface area contributed by atoms with E-state index in [0.717, 1.165) is 7.11 Å². The summed E-state index contributed by atoms with van der Waals surface area (Å²) in [6.07, 6.45) is 0. The lowest BCUT2D eigenvalue weighted by atomic mass is 11.4. The van der Waals surface area contributed by atoms with Crippen LogP contribution >= 0.6 is 7.82 Å². The molecule has 0 aliphatic heterocycles. The van der Waals surface area contributed by atoms with Crippen LogP contribution in [0.3, 0.4) is 0 Å².